The summed E-state index contributed by atoms with van der Waals surface area (Å²) in [5, 5.41) is 14.1. The van der Waals surface area contributed by atoms with Crippen LogP contribution in [-0.4, -0.2) is 36.9 Å². The van der Waals surface area contributed by atoms with Gasteiger partial charge in [0, 0.05) is 24.4 Å². The maximum absolute atomic E-state index is 13.4. The van der Waals surface area contributed by atoms with Gasteiger partial charge in [0.1, 0.15) is 17.3 Å². The Hall–Kier alpha value is -4.59. The van der Waals surface area contributed by atoms with Crippen molar-refractivity contribution in [2.75, 3.05) is 24.4 Å². The normalized spacial score (nSPS) is 16.5. The van der Waals surface area contributed by atoms with Crippen molar-refractivity contribution in [1.29, 1.82) is 0 Å². The largest absolute Gasteiger partial charge is 0.507 e. The van der Waals surface area contributed by atoms with Gasteiger partial charge in [0.25, 0.3) is 11.7 Å². The van der Waals surface area contributed by atoms with Crippen LogP contribution in [0.4, 0.5) is 11.4 Å². The summed E-state index contributed by atoms with van der Waals surface area (Å²) in [4.78, 5) is 39.6. The Morgan fingerprint density at radius 2 is 1.65 bits per heavy atom. The molecule has 37 heavy (non-hydrogen) atoms. The number of aliphatic hydroxyl groups excluding tert-OH is 1. The molecule has 8 nitrogen and oxygen atoms in total. The van der Waals surface area contributed by atoms with Crippen LogP contribution >= 0.6 is 0 Å². The summed E-state index contributed by atoms with van der Waals surface area (Å²) in [5.41, 5.74) is 2.97. The van der Waals surface area contributed by atoms with Crippen LogP contribution in [0.5, 0.6) is 11.5 Å². The van der Waals surface area contributed by atoms with Crippen molar-refractivity contribution in [3.63, 3.8) is 0 Å². The number of carbonyl (C=O) groups is 3. The van der Waals surface area contributed by atoms with Crippen LogP contribution in [0.1, 0.15) is 36.6 Å². The van der Waals surface area contributed by atoms with Crippen LogP contribution in [0.25, 0.3) is 5.76 Å². The molecule has 8 heteroatoms. The summed E-state index contributed by atoms with van der Waals surface area (Å²) in [5.74, 6) is -1.35. The number of nitrogens with zero attached hydrogens (tertiary/aromatic N) is 1. The van der Waals surface area contributed by atoms with E-state index in [1.54, 1.807) is 42.5 Å². The van der Waals surface area contributed by atoms with E-state index in [9.17, 15) is 19.5 Å². The van der Waals surface area contributed by atoms with E-state index in [4.69, 9.17) is 9.47 Å². The first-order valence-corrected chi connectivity index (χ1v) is 11.8. The molecule has 0 radical (unpaired) electrons. The van der Waals surface area contributed by atoms with Crippen LogP contribution in [0, 0.1) is 0 Å². The summed E-state index contributed by atoms with van der Waals surface area (Å²) >= 11 is 0. The number of anilines is 2. The minimum absolute atomic E-state index is 0.0522. The summed E-state index contributed by atoms with van der Waals surface area (Å²) in [6.07, 6.45) is 0.828. The second-order valence-electron chi connectivity index (χ2n) is 8.56. The highest BCUT2D eigenvalue weighted by Crippen LogP contribution is 2.44. The Bertz CT molecular complexity index is 1380. The number of ketones is 1. The lowest BCUT2D eigenvalue weighted by Gasteiger charge is -2.26. The maximum Gasteiger partial charge on any atom is 0.300 e. The minimum atomic E-state index is -0.885. The fourth-order valence-electron chi connectivity index (χ4n) is 4.40. The zero-order chi connectivity index (χ0) is 26.7. The predicted octanol–water partition coefficient (Wildman–Crippen LogP) is 4.85. The summed E-state index contributed by atoms with van der Waals surface area (Å²) in [6, 6.07) is 18.1. The number of methoxy groups -OCH3 is 2. The van der Waals surface area contributed by atoms with E-state index in [2.05, 4.69) is 5.32 Å². The number of ether oxygens (including phenoxy) is 2. The Morgan fingerprint density at radius 3 is 2.22 bits per heavy atom. The number of nitrogens with one attached hydrogen (secondary N) is 1. The Labute approximate surface area is 215 Å². The van der Waals surface area contributed by atoms with Gasteiger partial charge in [-0.25, -0.2) is 0 Å². The molecule has 1 aliphatic rings. The standard InChI is InChI=1S/C29H28N2O6/c1-5-18-6-8-19(9-7-18)26-25(27(33)23-15-14-22(36-3)16-24(23)37-4)28(34)29(35)31(26)21-12-10-20(11-13-21)30-17(2)32/h6-16,26,33H,5H2,1-4H3,(H,30,32)/b27-25-. The third-order valence-electron chi connectivity index (χ3n) is 6.28. The third kappa shape index (κ3) is 4.91. The predicted molar refractivity (Wildman–Crippen MR) is 141 cm³/mol. The maximum atomic E-state index is 13.4. The molecule has 2 N–H and O–H groups in total. The number of aliphatic hydroxyl groups is 1. The molecule has 4 rings (SSSR count). The summed E-state index contributed by atoms with van der Waals surface area (Å²) in [7, 11) is 2.96. The number of rotatable bonds is 7. The number of Topliss-reactive ketones (excluding diaryl/α,β-unsaturated/α-hetero) is 1. The number of benzene rings is 3. The Morgan fingerprint density at radius 1 is 0.973 bits per heavy atom. The zero-order valence-corrected chi connectivity index (χ0v) is 21.1. The van der Waals surface area contributed by atoms with Crippen LogP contribution < -0.4 is 19.7 Å². The van der Waals surface area contributed by atoms with E-state index in [-0.39, 0.29) is 22.8 Å². The van der Waals surface area contributed by atoms with Gasteiger partial charge in [-0.3, -0.25) is 19.3 Å². The molecule has 190 valence electrons. The Kier molecular flexibility index (Phi) is 7.29. The van der Waals surface area contributed by atoms with Crippen LogP contribution in [-0.2, 0) is 20.8 Å². The lowest BCUT2D eigenvalue weighted by Crippen LogP contribution is -2.29. The zero-order valence-electron chi connectivity index (χ0n) is 21.1. The molecule has 0 saturated carbocycles. The quantitative estimate of drug-likeness (QED) is 0.273. The van der Waals surface area contributed by atoms with Gasteiger partial charge in [-0.15, -0.1) is 0 Å². The number of aryl methyl sites for hydroxylation is 1. The number of amides is 2. The first-order valence-electron chi connectivity index (χ1n) is 11.8. The summed E-state index contributed by atoms with van der Waals surface area (Å²) in [6.45, 7) is 3.44. The molecule has 1 fully saturated rings. The van der Waals surface area contributed by atoms with E-state index in [1.807, 2.05) is 31.2 Å². The van der Waals surface area contributed by atoms with Crippen LogP contribution in [0.3, 0.4) is 0 Å². The Balaban J connectivity index is 1.90. The fraction of sp³-hybridized carbons (Fsp3) is 0.207. The number of carbonyl (C=O) groups excluding carboxylic acids is 3. The monoisotopic (exact) mass is 500 g/mol. The van der Waals surface area contributed by atoms with Crippen molar-refractivity contribution in [3.8, 4) is 11.5 Å². The molecule has 1 saturated heterocycles. The molecule has 0 bridgehead atoms. The van der Waals surface area contributed by atoms with Gasteiger partial charge in [-0.1, -0.05) is 31.2 Å². The van der Waals surface area contributed by atoms with E-state index in [1.165, 1.54) is 26.0 Å². The second-order valence-corrected chi connectivity index (χ2v) is 8.56. The van der Waals surface area contributed by atoms with Crippen molar-refractivity contribution in [2.45, 2.75) is 26.3 Å². The van der Waals surface area contributed by atoms with E-state index in [0.717, 1.165) is 12.0 Å². The highest BCUT2D eigenvalue weighted by atomic mass is 16.5. The van der Waals surface area contributed by atoms with Crippen molar-refractivity contribution < 1.29 is 29.0 Å². The average Bonchev–Trinajstić information content (AvgIpc) is 3.18. The topological polar surface area (TPSA) is 105 Å². The van der Waals surface area contributed by atoms with Gasteiger partial charge in [0.15, 0.2) is 0 Å². The SMILES string of the molecule is CCc1ccc(C2/C(=C(/O)c3ccc(OC)cc3OC)C(=O)C(=O)N2c2ccc(NC(C)=O)cc2)cc1. The molecule has 0 aromatic heterocycles. The molecule has 1 unspecified atom stereocenters. The summed E-state index contributed by atoms with van der Waals surface area (Å²) < 4.78 is 10.7. The van der Waals surface area contributed by atoms with Gasteiger partial charge >= 0.3 is 0 Å². The minimum Gasteiger partial charge on any atom is -0.507 e. The lowest BCUT2D eigenvalue weighted by molar-refractivity contribution is -0.132. The molecule has 1 heterocycles. The van der Waals surface area contributed by atoms with E-state index >= 15 is 0 Å². The highest BCUT2D eigenvalue weighted by molar-refractivity contribution is 6.51. The molecular weight excluding hydrogens is 472 g/mol. The molecule has 3 aromatic carbocycles. The van der Waals surface area contributed by atoms with Crippen molar-refractivity contribution in [3.05, 3.63) is 89.0 Å². The average molecular weight is 501 g/mol. The van der Waals surface area contributed by atoms with Gasteiger partial charge in [-0.05, 0) is 53.9 Å². The third-order valence-corrected chi connectivity index (χ3v) is 6.28. The van der Waals surface area contributed by atoms with Crippen molar-refractivity contribution >= 4 is 34.7 Å². The molecule has 0 spiro atoms. The molecular formula is C29H28N2O6. The van der Waals surface area contributed by atoms with Gasteiger partial charge in [0.2, 0.25) is 5.91 Å². The number of hydrogen-bond acceptors (Lipinski definition) is 6. The fourth-order valence-corrected chi connectivity index (χ4v) is 4.40. The first kappa shape index (κ1) is 25.5. The van der Waals surface area contributed by atoms with Crippen molar-refractivity contribution in [2.24, 2.45) is 0 Å². The molecule has 0 aliphatic carbocycles. The smallest absolute Gasteiger partial charge is 0.300 e. The van der Waals surface area contributed by atoms with Crippen LogP contribution in [0.15, 0.2) is 72.3 Å². The molecule has 1 atom stereocenters. The number of hydrogen-bond donors (Lipinski definition) is 2. The van der Waals surface area contributed by atoms with E-state index in [0.29, 0.717) is 28.4 Å². The van der Waals surface area contributed by atoms with Gasteiger partial charge < -0.3 is 19.9 Å². The first-order chi connectivity index (χ1) is 17.8. The van der Waals surface area contributed by atoms with Crippen LogP contribution in [0.2, 0.25) is 0 Å². The highest BCUT2D eigenvalue weighted by Gasteiger charge is 2.47. The van der Waals surface area contributed by atoms with Gasteiger partial charge in [0.05, 0.1) is 31.4 Å². The van der Waals surface area contributed by atoms with Gasteiger partial charge in [-0.2, -0.15) is 0 Å². The molecule has 2 amide bonds. The molecule has 3 aromatic rings. The lowest BCUT2D eigenvalue weighted by atomic mass is 9.94. The second kappa shape index (κ2) is 10.6. The van der Waals surface area contributed by atoms with E-state index < -0.39 is 17.7 Å². The van der Waals surface area contributed by atoms with Crippen molar-refractivity contribution in [1.82, 2.24) is 0 Å². The molecule has 1 aliphatic heterocycles.